The predicted molar refractivity (Wildman–Crippen MR) is 60.2 cm³/mol. The molecule has 0 saturated heterocycles. The number of ether oxygens (including phenoxy) is 1. The van der Waals surface area contributed by atoms with Crippen LogP contribution in [0, 0.1) is 0 Å². The van der Waals surface area contributed by atoms with Crippen LogP contribution < -0.4 is 5.32 Å². The number of amides is 1. The van der Waals surface area contributed by atoms with Crippen LogP contribution in [0.15, 0.2) is 22.7 Å². The Labute approximate surface area is 108 Å². The maximum atomic E-state index is 11.8. The molecule has 1 rings (SSSR count). The minimum atomic E-state index is -4.55. The van der Waals surface area contributed by atoms with E-state index in [0.717, 1.165) is 0 Å². The van der Waals surface area contributed by atoms with Gasteiger partial charge in [0.25, 0.3) is 0 Å². The van der Waals surface area contributed by atoms with E-state index in [1.54, 1.807) is 0 Å². The molecule has 0 aromatic heterocycles. The molecule has 0 spiro atoms. The molecular formula is C9H6BrClF3NO2. The van der Waals surface area contributed by atoms with Gasteiger partial charge >= 0.3 is 12.3 Å². The highest BCUT2D eigenvalue weighted by atomic mass is 79.9. The highest BCUT2D eigenvalue weighted by Gasteiger charge is 2.29. The molecule has 1 aromatic rings. The molecule has 0 aliphatic rings. The van der Waals surface area contributed by atoms with E-state index >= 15 is 0 Å². The van der Waals surface area contributed by atoms with E-state index in [1.165, 1.54) is 18.2 Å². The van der Waals surface area contributed by atoms with Crippen molar-refractivity contribution in [2.75, 3.05) is 11.9 Å². The minimum absolute atomic E-state index is 0.265. The number of carbonyl (C=O) groups is 1. The minimum Gasteiger partial charge on any atom is -0.440 e. The number of anilines is 1. The zero-order chi connectivity index (χ0) is 13.1. The fraction of sp³-hybridized carbons (Fsp3) is 0.222. The molecular weight excluding hydrogens is 326 g/mol. The van der Waals surface area contributed by atoms with Crippen LogP contribution in [0.5, 0.6) is 0 Å². The van der Waals surface area contributed by atoms with Gasteiger partial charge < -0.3 is 4.74 Å². The number of hydrogen-bond acceptors (Lipinski definition) is 2. The highest BCUT2D eigenvalue weighted by Crippen LogP contribution is 2.26. The van der Waals surface area contributed by atoms with Crippen LogP contribution in [0.25, 0.3) is 0 Å². The Morgan fingerprint density at radius 1 is 1.47 bits per heavy atom. The molecule has 0 aliphatic carbocycles. The summed E-state index contributed by atoms with van der Waals surface area (Å²) in [4.78, 5) is 11.0. The molecule has 8 heteroatoms. The first-order valence-corrected chi connectivity index (χ1v) is 5.40. The van der Waals surface area contributed by atoms with Gasteiger partial charge in [-0.25, -0.2) is 4.79 Å². The number of rotatable bonds is 2. The monoisotopic (exact) mass is 331 g/mol. The second-order valence-electron chi connectivity index (χ2n) is 2.94. The summed E-state index contributed by atoms with van der Waals surface area (Å²) in [5.41, 5.74) is 0.265. The van der Waals surface area contributed by atoms with Crippen LogP contribution in [0.1, 0.15) is 0 Å². The number of nitrogens with one attached hydrogen (secondary N) is 1. The Bertz CT molecular complexity index is 425. The van der Waals surface area contributed by atoms with Gasteiger partial charge in [-0.1, -0.05) is 11.6 Å². The van der Waals surface area contributed by atoms with Gasteiger partial charge in [0.05, 0.1) is 5.69 Å². The molecule has 0 saturated carbocycles. The summed E-state index contributed by atoms with van der Waals surface area (Å²) >= 11 is 8.74. The van der Waals surface area contributed by atoms with Crippen LogP contribution in [0.4, 0.5) is 23.7 Å². The Hall–Kier alpha value is -0.950. The molecule has 0 radical (unpaired) electrons. The topological polar surface area (TPSA) is 38.3 Å². The van der Waals surface area contributed by atoms with Gasteiger partial charge in [-0.05, 0) is 34.1 Å². The summed E-state index contributed by atoms with van der Waals surface area (Å²) in [6, 6.07) is 4.40. The standard InChI is InChI=1S/C9H6BrClF3NO2/c10-6-3-5(11)1-2-7(6)15-8(16)17-4-9(12,13)14/h1-3H,4H2,(H,15,16). The van der Waals surface area contributed by atoms with Crippen LogP contribution in [0.2, 0.25) is 5.02 Å². The zero-order valence-electron chi connectivity index (χ0n) is 8.15. The second-order valence-corrected chi connectivity index (χ2v) is 4.23. The number of hydrogen-bond donors (Lipinski definition) is 1. The van der Waals surface area contributed by atoms with Crippen LogP contribution in [-0.2, 0) is 4.74 Å². The zero-order valence-corrected chi connectivity index (χ0v) is 10.5. The van der Waals surface area contributed by atoms with Crippen LogP contribution in [0.3, 0.4) is 0 Å². The van der Waals surface area contributed by atoms with E-state index in [4.69, 9.17) is 11.6 Å². The fourth-order valence-electron chi connectivity index (χ4n) is 0.884. The van der Waals surface area contributed by atoms with E-state index in [-0.39, 0.29) is 5.69 Å². The van der Waals surface area contributed by atoms with Gasteiger partial charge in [0.15, 0.2) is 6.61 Å². The van der Waals surface area contributed by atoms with E-state index < -0.39 is 18.9 Å². The van der Waals surface area contributed by atoms with Gasteiger partial charge in [0.1, 0.15) is 0 Å². The predicted octanol–water partition coefficient (Wildman–Crippen LogP) is 4.21. The first-order valence-electron chi connectivity index (χ1n) is 4.23. The van der Waals surface area contributed by atoms with Crippen molar-refractivity contribution in [2.45, 2.75) is 6.18 Å². The summed E-state index contributed by atoms with van der Waals surface area (Å²) < 4.78 is 39.7. The number of halogens is 5. The average molecular weight is 333 g/mol. The highest BCUT2D eigenvalue weighted by molar-refractivity contribution is 9.10. The second kappa shape index (κ2) is 5.59. The lowest BCUT2D eigenvalue weighted by atomic mass is 10.3. The van der Waals surface area contributed by atoms with Crippen molar-refractivity contribution >= 4 is 39.3 Å². The smallest absolute Gasteiger partial charge is 0.422 e. The van der Waals surface area contributed by atoms with Crippen molar-refractivity contribution < 1.29 is 22.7 Å². The van der Waals surface area contributed by atoms with E-state index in [0.29, 0.717) is 9.50 Å². The van der Waals surface area contributed by atoms with Gasteiger partial charge in [0.2, 0.25) is 0 Å². The third-order valence-corrected chi connectivity index (χ3v) is 2.43. The molecule has 3 nitrogen and oxygen atoms in total. The molecule has 94 valence electrons. The fourth-order valence-corrected chi connectivity index (χ4v) is 1.67. The molecule has 17 heavy (non-hydrogen) atoms. The first-order chi connectivity index (χ1) is 7.78. The molecule has 1 amide bonds. The number of benzene rings is 1. The molecule has 1 aromatic carbocycles. The number of alkyl halides is 3. The van der Waals surface area contributed by atoms with E-state index in [2.05, 4.69) is 26.0 Å². The van der Waals surface area contributed by atoms with E-state index in [9.17, 15) is 18.0 Å². The Kier molecular flexibility index (Phi) is 4.64. The lowest BCUT2D eigenvalue weighted by Crippen LogP contribution is -2.23. The van der Waals surface area contributed by atoms with E-state index in [1.807, 2.05) is 0 Å². The maximum Gasteiger partial charge on any atom is 0.422 e. The van der Waals surface area contributed by atoms with Crippen molar-refractivity contribution in [2.24, 2.45) is 0 Å². The molecule has 0 fully saturated rings. The Morgan fingerprint density at radius 2 is 2.12 bits per heavy atom. The number of carbonyl (C=O) groups excluding carboxylic acids is 1. The van der Waals surface area contributed by atoms with Crippen molar-refractivity contribution in [3.8, 4) is 0 Å². The van der Waals surface area contributed by atoms with Gasteiger partial charge in [-0.3, -0.25) is 5.32 Å². The third kappa shape index (κ3) is 5.27. The lowest BCUT2D eigenvalue weighted by molar-refractivity contribution is -0.159. The Balaban J connectivity index is 2.57. The summed E-state index contributed by atoms with van der Waals surface area (Å²) in [6.45, 7) is -1.63. The van der Waals surface area contributed by atoms with Crippen molar-refractivity contribution in [1.29, 1.82) is 0 Å². The molecule has 0 aliphatic heterocycles. The summed E-state index contributed by atoms with van der Waals surface area (Å²) in [5.74, 6) is 0. The quantitative estimate of drug-likeness (QED) is 0.881. The van der Waals surface area contributed by atoms with Gasteiger partial charge in [-0.2, -0.15) is 13.2 Å². The maximum absolute atomic E-state index is 11.8. The van der Waals surface area contributed by atoms with Gasteiger partial charge in [0, 0.05) is 9.50 Å². The molecule has 1 N–H and O–H groups in total. The first kappa shape index (κ1) is 14.1. The van der Waals surface area contributed by atoms with Crippen LogP contribution >= 0.6 is 27.5 Å². The summed E-state index contributed by atoms with van der Waals surface area (Å²) in [7, 11) is 0. The normalized spacial score (nSPS) is 11.1. The average Bonchev–Trinajstić information content (AvgIpc) is 2.18. The summed E-state index contributed by atoms with van der Waals surface area (Å²) in [5, 5.41) is 2.57. The largest absolute Gasteiger partial charge is 0.440 e. The van der Waals surface area contributed by atoms with Crippen molar-refractivity contribution in [1.82, 2.24) is 0 Å². The van der Waals surface area contributed by atoms with Crippen molar-refractivity contribution in [3.05, 3.63) is 27.7 Å². The third-order valence-electron chi connectivity index (χ3n) is 1.53. The van der Waals surface area contributed by atoms with Crippen LogP contribution in [-0.4, -0.2) is 18.9 Å². The molecule has 0 unspecified atom stereocenters. The molecule has 0 atom stereocenters. The molecule has 0 bridgehead atoms. The Morgan fingerprint density at radius 3 is 2.65 bits per heavy atom. The van der Waals surface area contributed by atoms with Crippen molar-refractivity contribution in [3.63, 3.8) is 0 Å². The molecule has 0 heterocycles. The lowest BCUT2D eigenvalue weighted by Gasteiger charge is -2.10. The van der Waals surface area contributed by atoms with Gasteiger partial charge in [-0.15, -0.1) is 0 Å². The summed E-state index contributed by atoms with van der Waals surface area (Å²) in [6.07, 6.45) is -5.74. The SMILES string of the molecule is O=C(Nc1ccc(Cl)cc1Br)OCC(F)(F)F.